The molecular formula is C17H19N5O5S4. The minimum Gasteiger partial charge on any atom is -0.587 e. The normalized spacial score (nSPS) is 26.2. The van der Waals surface area contributed by atoms with E-state index in [1.54, 1.807) is 29.1 Å². The molecule has 4 heterocycles. The van der Waals surface area contributed by atoms with E-state index in [0.29, 0.717) is 9.37 Å². The molecule has 4 rings (SSSR count). The van der Waals surface area contributed by atoms with Gasteiger partial charge in [-0.25, -0.2) is 0 Å². The molecule has 0 bridgehead atoms. The smallest absolute Gasteiger partial charge is 0.313 e. The lowest BCUT2D eigenvalue weighted by Gasteiger charge is -2.54. The lowest BCUT2D eigenvalue weighted by Crippen LogP contribution is -2.74. The SMILES string of the molecule is CC(=O)N(C1C(=O)N2CC(CSc3nncn3C)(C(=O)O)CS[C@H]12)[S+]([O-])c1cccs1. The van der Waals surface area contributed by atoms with E-state index in [-0.39, 0.29) is 24.0 Å². The Labute approximate surface area is 193 Å². The second-order valence-electron chi connectivity index (χ2n) is 7.24. The van der Waals surface area contributed by atoms with E-state index in [0.717, 1.165) is 4.31 Å². The van der Waals surface area contributed by atoms with Gasteiger partial charge in [-0.2, -0.15) is 0 Å². The van der Waals surface area contributed by atoms with Gasteiger partial charge in [-0.05, 0) is 11.4 Å². The van der Waals surface area contributed by atoms with Gasteiger partial charge in [0.25, 0.3) is 11.8 Å². The zero-order valence-electron chi connectivity index (χ0n) is 16.5. The van der Waals surface area contributed by atoms with Gasteiger partial charge >= 0.3 is 5.97 Å². The van der Waals surface area contributed by atoms with E-state index in [2.05, 4.69) is 10.2 Å². The fourth-order valence-electron chi connectivity index (χ4n) is 3.45. The van der Waals surface area contributed by atoms with Gasteiger partial charge in [0.05, 0.1) is 0 Å². The number of aliphatic carboxylic acids is 1. The summed E-state index contributed by atoms with van der Waals surface area (Å²) in [7, 11) is 1.77. The van der Waals surface area contributed by atoms with Gasteiger partial charge in [0, 0.05) is 38.1 Å². The Bertz CT molecular complexity index is 1000. The number of hydrogen-bond acceptors (Lipinski definition) is 9. The molecule has 2 aliphatic heterocycles. The third-order valence-corrected chi connectivity index (χ3v) is 10.7. The van der Waals surface area contributed by atoms with Crippen LogP contribution in [0.1, 0.15) is 6.92 Å². The molecule has 2 fully saturated rings. The molecule has 2 aromatic rings. The summed E-state index contributed by atoms with van der Waals surface area (Å²) in [4.78, 5) is 38.9. The van der Waals surface area contributed by atoms with Crippen LogP contribution in [-0.4, -0.2) is 80.9 Å². The van der Waals surface area contributed by atoms with E-state index in [9.17, 15) is 24.0 Å². The second kappa shape index (κ2) is 8.65. The van der Waals surface area contributed by atoms with Crippen LogP contribution in [0, 0.1) is 5.41 Å². The highest BCUT2D eigenvalue weighted by molar-refractivity contribution is 8.00. The third-order valence-electron chi connectivity index (χ3n) is 5.13. The Morgan fingerprint density at radius 1 is 1.52 bits per heavy atom. The number of carboxylic acids is 1. The molecule has 0 saturated carbocycles. The first-order valence-electron chi connectivity index (χ1n) is 9.13. The Balaban J connectivity index is 1.50. The Kier molecular flexibility index (Phi) is 6.27. The number of hydrogen-bond donors (Lipinski definition) is 1. The maximum absolute atomic E-state index is 13.0. The van der Waals surface area contributed by atoms with Gasteiger partial charge in [-0.1, -0.05) is 23.1 Å². The topological polar surface area (TPSA) is 132 Å². The number of aryl methyl sites for hydroxylation is 1. The van der Waals surface area contributed by atoms with Crippen molar-refractivity contribution < 1.29 is 24.0 Å². The minimum absolute atomic E-state index is 0.0254. The average Bonchev–Trinajstić information content (AvgIpc) is 3.41. The summed E-state index contributed by atoms with van der Waals surface area (Å²) in [6.07, 6.45) is 1.54. The molecule has 0 radical (unpaired) electrons. The Morgan fingerprint density at radius 2 is 2.29 bits per heavy atom. The maximum Gasteiger partial charge on any atom is 0.313 e. The fourth-order valence-corrected chi connectivity index (χ4v) is 8.54. The summed E-state index contributed by atoms with van der Waals surface area (Å²) in [5, 5.41) is 19.6. The average molecular weight is 502 g/mol. The molecule has 10 nitrogen and oxygen atoms in total. The van der Waals surface area contributed by atoms with Crippen LogP contribution < -0.4 is 0 Å². The summed E-state index contributed by atoms with van der Waals surface area (Å²) < 4.78 is 16.2. The number of nitrogens with zero attached hydrogens (tertiary/aromatic N) is 5. The predicted molar refractivity (Wildman–Crippen MR) is 117 cm³/mol. The van der Waals surface area contributed by atoms with Gasteiger partial charge in [-0.15, -0.1) is 26.3 Å². The number of carboxylic acid groups (broad SMARTS) is 1. The van der Waals surface area contributed by atoms with Crippen molar-refractivity contribution in [2.24, 2.45) is 12.5 Å². The summed E-state index contributed by atoms with van der Waals surface area (Å²) in [6, 6.07) is 2.52. The van der Waals surface area contributed by atoms with Crippen LogP contribution in [0.15, 0.2) is 33.2 Å². The number of thiophene rings is 1. The zero-order chi connectivity index (χ0) is 22.3. The van der Waals surface area contributed by atoms with Gasteiger partial charge in [-0.3, -0.25) is 14.4 Å². The summed E-state index contributed by atoms with van der Waals surface area (Å²) in [5.41, 5.74) is -1.16. The molecule has 2 aliphatic rings. The summed E-state index contributed by atoms with van der Waals surface area (Å²) >= 11 is 2.05. The first-order valence-corrected chi connectivity index (χ1v) is 13.1. The third kappa shape index (κ3) is 3.95. The molecule has 166 valence electrons. The first-order chi connectivity index (χ1) is 14.7. The second-order valence-corrected chi connectivity index (χ2v) is 11.8. The van der Waals surface area contributed by atoms with Gasteiger partial charge in [0.2, 0.25) is 4.21 Å². The standard InChI is InChI=1S/C17H19N5O5S4/c1-10(23)22(31(27)11-4-3-5-28-11)12-13(24)21-6-17(15(25)26,7-29-14(12)21)8-30-16-19-18-9-20(16)2/h3-5,9,12,14H,6-8H2,1-2H3,(H,25,26)/t12?,14-,17?,31?/m1/s1. The zero-order valence-corrected chi connectivity index (χ0v) is 19.8. The summed E-state index contributed by atoms with van der Waals surface area (Å²) in [5.74, 6) is -1.35. The molecule has 31 heavy (non-hydrogen) atoms. The van der Waals surface area contributed by atoms with Gasteiger partial charge in [0.1, 0.15) is 28.5 Å². The van der Waals surface area contributed by atoms with E-state index < -0.39 is 40.1 Å². The van der Waals surface area contributed by atoms with E-state index >= 15 is 0 Å². The Hall–Kier alpha value is -1.74. The van der Waals surface area contributed by atoms with Crippen molar-refractivity contribution in [2.75, 3.05) is 18.1 Å². The quantitative estimate of drug-likeness (QED) is 0.334. The molecule has 0 aliphatic carbocycles. The van der Waals surface area contributed by atoms with Crippen LogP contribution in [0.4, 0.5) is 0 Å². The lowest BCUT2D eigenvalue weighted by molar-refractivity contribution is -0.161. The molecule has 0 aromatic carbocycles. The van der Waals surface area contributed by atoms with Crippen LogP contribution >= 0.6 is 34.9 Å². The lowest BCUT2D eigenvalue weighted by atomic mass is 9.89. The molecule has 0 spiro atoms. The number of carbonyl (C=O) groups excluding carboxylic acids is 2. The molecule has 4 atom stereocenters. The number of aromatic nitrogens is 3. The monoisotopic (exact) mass is 501 g/mol. The number of thioether (sulfide) groups is 2. The fraction of sp³-hybridized carbons (Fsp3) is 0.471. The Morgan fingerprint density at radius 3 is 2.87 bits per heavy atom. The number of fused-ring (bicyclic) bond motifs is 1. The van der Waals surface area contributed by atoms with Crippen molar-refractivity contribution in [2.45, 2.75) is 27.7 Å². The van der Waals surface area contributed by atoms with Crippen molar-refractivity contribution in [3.05, 3.63) is 23.8 Å². The molecule has 2 amide bonds. The van der Waals surface area contributed by atoms with Gasteiger partial charge < -0.3 is 19.1 Å². The number of rotatable bonds is 7. The van der Waals surface area contributed by atoms with E-state index in [1.807, 2.05) is 0 Å². The van der Waals surface area contributed by atoms with Crippen LogP contribution in [0.5, 0.6) is 0 Å². The molecule has 3 unspecified atom stereocenters. The minimum atomic E-state index is -1.79. The number of β-lactam (4-membered cyclic amide) rings is 1. The highest BCUT2D eigenvalue weighted by Gasteiger charge is 2.62. The van der Waals surface area contributed by atoms with Crippen molar-refractivity contribution in [1.82, 2.24) is 24.0 Å². The van der Waals surface area contributed by atoms with E-state index in [1.165, 1.54) is 53.0 Å². The maximum atomic E-state index is 13.0. The highest BCUT2D eigenvalue weighted by atomic mass is 32.2. The molecular weight excluding hydrogens is 482 g/mol. The van der Waals surface area contributed by atoms with Crippen molar-refractivity contribution in [3.8, 4) is 0 Å². The van der Waals surface area contributed by atoms with Crippen molar-refractivity contribution in [3.63, 3.8) is 0 Å². The highest BCUT2D eigenvalue weighted by Crippen LogP contribution is 2.46. The van der Waals surface area contributed by atoms with Crippen LogP contribution in [0.3, 0.4) is 0 Å². The predicted octanol–water partition coefficient (Wildman–Crippen LogP) is 0.895. The van der Waals surface area contributed by atoms with Crippen LogP contribution in [0.2, 0.25) is 0 Å². The number of carbonyl (C=O) groups is 3. The summed E-state index contributed by atoms with van der Waals surface area (Å²) in [6.45, 7) is 1.31. The molecule has 2 saturated heterocycles. The molecule has 14 heteroatoms. The first kappa shape index (κ1) is 22.5. The molecule has 2 aromatic heterocycles. The molecule has 1 N–H and O–H groups in total. The van der Waals surface area contributed by atoms with Crippen LogP contribution in [-0.2, 0) is 32.8 Å². The van der Waals surface area contributed by atoms with Crippen molar-refractivity contribution >= 4 is 64.0 Å². The number of amides is 2. The van der Waals surface area contributed by atoms with E-state index in [4.69, 9.17) is 0 Å². The van der Waals surface area contributed by atoms with Gasteiger partial charge in [0.15, 0.2) is 11.2 Å². The van der Waals surface area contributed by atoms with Crippen LogP contribution in [0.25, 0.3) is 0 Å². The van der Waals surface area contributed by atoms with Crippen molar-refractivity contribution in [1.29, 1.82) is 0 Å². The largest absolute Gasteiger partial charge is 0.587 e.